The molecule has 1 unspecified atom stereocenters. The van der Waals surface area contributed by atoms with Crippen molar-refractivity contribution in [3.63, 3.8) is 0 Å². The number of para-hydroxylation sites is 1. The highest BCUT2D eigenvalue weighted by Crippen LogP contribution is 2.22. The first-order chi connectivity index (χ1) is 9.15. The molecule has 1 saturated heterocycles. The van der Waals surface area contributed by atoms with Crippen LogP contribution in [0.1, 0.15) is 13.3 Å². The van der Waals surface area contributed by atoms with Crippen molar-refractivity contribution in [1.82, 2.24) is 4.90 Å². The summed E-state index contributed by atoms with van der Waals surface area (Å²) in [7, 11) is 1.53. The van der Waals surface area contributed by atoms with Gasteiger partial charge in [0.15, 0.2) is 11.6 Å². The first kappa shape index (κ1) is 13.8. The first-order valence-electron chi connectivity index (χ1n) is 6.38. The Morgan fingerprint density at radius 1 is 1.47 bits per heavy atom. The predicted molar refractivity (Wildman–Crippen MR) is 68.5 cm³/mol. The van der Waals surface area contributed by atoms with E-state index >= 15 is 0 Å². The molecule has 1 aliphatic rings. The summed E-state index contributed by atoms with van der Waals surface area (Å²) in [5, 5.41) is 0. The van der Waals surface area contributed by atoms with Crippen LogP contribution in [0.2, 0.25) is 0 Å². The molecule has 1 fully saturated rings. The first-order valence-corrected chi connectivity index (χ1v) is 6.38. The molecule has 2 rings (SSSR count). The number of carbonyl (C=O) groups is 1. The van der Waals surface area contributed by atoms with Crippen molar-refractivity contribution in [2.24, 2.45) is 0 Å². The average Bonchev–Trinajstić information content (AvgIpc) is 2.36. The van der Waals surface area contributed by atoms with Crippen molar-refractivity contribution in [3.8, 4) is 5.75 Å². The molecule has 0 radical (unpaired) electrons. The van der Waals surface area contributed by atoms with Gasteiger partial charge in [-0.15, -0.1) is 0 Å². The number of ether oxygens (including phenoxy) is 2. The van der Waals surface area contributed by atoms with E-state index in [0.717, 1.165) is 0 Å². The Bertz CT molecular complexity index is 442. The second kappa shape index (κ2) is 6.02. The number of halogens is 1. The zero-order valence-corrected chi connectivity index (χ0v) is 11.1. The van der Waals surface area contributed by atoms with E-state index in [0.29, 0.717) is 19.5 Å². The van der Waals surface area contributed by atoms with Gasteiger partial charge in [0.05, 0.1) is 13.1 Å². The van der Waals surface area contributed by atoms with Crippen LogP contribution >= 0.6 is 0 Å². The topological polar surface area (TPSA) is 38.8 Å². The second-order valence-corrected chi connectivity index (χ2v) is 4.55. The van der Waals surface area contributed by atoms with Gasteiger partial charge < -0.3 is 14.4 Å². The van der Waals surface area contributed by atoms with Crippen molar-refractivity contribution in [2.75, 3.05) is 20.2 Å². The van der Waals surface area contributed by atoms with Gasteiger partial charge in [0.2, 0.25) is 0 Å². The highest BCUT2D eigenvalue weighted by atomic mass is 19.1. The summed E-state index contributed by atoms with van der Waals surface area (Å²) < 4.78 is 24.0. The molecule has 4 nitrogen and oxygen atoms in total. The molecule has 0 spiro atoms. The third kappa shape index (κ3) is 3.04. The van der Waals surface area contributed by atoms with Crippen molar-refractivity contribution in [3.05, 3.63) is 30.1 Å². The molecule has 1 atom stereocenters. The standard InChI is InChI=1S/C14H18FNO3/c1-3-12(18-2)14(17)16-8-10(9-16)19-13-7-5-4-6-11(13)15/h4-7,10,12H,3,8-9H2,1-2H3. The summed E-state index contributed by atoms with van der Waals surface area (Å²) in [6, 6.07) is 6.28. The largest absolute Gasteiger partial charge is 0.484 e. The molecule has 1 aromatic carbocycles. The van der Waals surface area contributed by atoms with Crippen LogP contribution in [-0.4, -0.2) is 43.2 Å². The zero-order valence-electron chi connectivity index (χ0n) is 11.1. The average molecular weight is 267 g/mol. The van der Waals surface area contributed by atoms with Crippen LogP contribution < -0.4 is 4.74 Å². The van der Waals surface area contributed by atoms with Gasteiger partial charge in [-0.25, -0.2) is 4.39 Å². The molecule has 104 valence electrons. The van der Waals surface area contributed by atoms with Gasteiger partial charge in [-0.1, -0.05) is 19.1 Å². The van der Waals surface area contributed by atoms with Crippen LogP contribution in [0.15, 0.2) is 24.3 Å². The van der Waals surface area contributed by atoms with Gasteiger partial charge >= 0.3 is 0 Å². The van der Waals surface area contributed by atoms with E-state index in [4.69, 9.17) is 9.47 Å². The quantitative estimate of drug-likeness (QED) is 0.817. The number of hydrogen-bond acceptors (Lipinski definition) is 3. The smallest absolute Gasteiger partial charge is 0.251 e. The zero-order chi connectivity index (χ0) is 13.8. The number of methoxy groups -OCH3 is 1. The molecule has 1 heterocycles. The second-order valence-electron chi connectivity index (χ2n) is 4.55. The molecule has 5 heteroatoms. The maximum Gasteiger partial charge on any atom is 0.251 e. The lowest BCUT2D eigenvalue weighted by Crippen LogP contribution is -2.58. The minimum atomic E-state index is -0.394. The monoisotopic (exact) mass is 267 g/mol. The number of likely N-dealkylation sites (tertiary alicyclic amines) is 1. The molecule has 0 bridgehead atoms. The Labute approximate surface area is 112 Å². The van der Waals surface area contributed by atoms with Crippen LogP contribution in [0.3, 0.4) is 0 Å². The van der Waals surface area contributed by atoms with E-state index in [9.17, 15) is 9.18 Å². The minimum absolute atomic E-state index is 0.0293. The molecule has 0 aromatic heterocycles. The van der Waals surface area contributed by atoms with Crippen LogP contribution in [0.25, 0.3) is 0 Å². The minimum Gasteiger partial charge on any atom is -0.484 e. The normalized spacial score (nSPS) is 16.9. The third-order valence-corrected chi connectivity index (χ3v) is 3.22. The molecular weight excluding hydrogens is 249 g/mol. The lowest BCUT2D eigenvalue weighted by molar-refractivity contribution is -0.151. The summed E-state index contributed by atoms with van der Waals surface area (Å²) in [6.45, 7) is 2.86. The number of amides is 1. The van der Waals surface area contributed by atoms with Crippen molar-refractivity contribution in [1.29, 1.82) is 0 Å². The number of hydrogen-bond donors (Lipinski definition) is 0. The number of nitrogens with zero attached hydrogens (tertiary/aromatic N) is 1. The van der Waals surface area contributed by atoms with E-state index in [1.165, 1.54) is 13.2 Å². The Morgan fingerprint density at radius 3 is 2.74 bits per heavy atom. The summed E-state index contributed by atoms with van der Waals surface area (Å²) >= 11 is 0. The summed E-state index contributed by atoms with van der Waals surface area (Å²) in [5.41, 5.74) is 0. The lowest BCUT2D eigenvalue weighted by Gasteiger charge is -2.40. The SMILES string of the molecule is CCC(OC)C(=O)N1CC(Oc2ccccc2F)C1. The highest BCUT2D eigenvalue weighted by Gasteiger charge is 2.35. The van der Waals surface area contributed by atoms with Crippen LogP contribution in [0.5, 0.6) is 5.75 Å². The van der Waals surface area contributed by atoms with Crippen molar-refractivity contribution >= 4 is 5.91 Å². The van der Waals surface area contributed by atoms with Crippen LogP contribution in [0.4, 0.5) is 4.39 Å². The maximum atomic E-state index is 13.4. The van der Waals surface area contributed by atoms with Gasteiger partial charge in [0.25, 0.3) is 5.91 Å². The van der Waals surface area contributed by atoms with Crippen LogP contribution in [0, 0.1) is 5.82 Å². The van der Waals surface area contributed by atoms with Gasteiger partial charge in [0, 0.05) is 7.11 Å². The van der Waals surface area contributed by atoms with E-state index in [1.54, 1.807) is 23.1 Å². The lowest BCUT2D eigenvalue weighted by atomic mass is 10.1. The molecular formula is C14H18FNO3. The van der Waals surface area contributed by atoms with E-state index in [1.807, 2.05) is 6.92 Å². The fourth-order valence-electron chi connectivity index (χ4n) is 2.06. The number of carbonyl (C=O) groups excluding carboxylic acids is 1. The fourth-order valence-corrected chi connectivity index (χ4v) is 2.06. The summed E-state index contributed by atoms with van der Waals surface area (Å²) in [5.74, 6) is -0.174. The van der Waals surface area contributed by atoms with E-state index in [2.05, 4.69) is 0 Å². The van der Waals surface area contributed by atoms with E-state index < -0.39 is 6.10 Å². The van der Waals surface area contributed by atoms with Gasteiger partial charge in [-0.2, -0.15) is 0 Å². The molecule has 19 heavy (non-hydrogen) atoms. The Hall–Kier alpha value is -1.62. The number of benzene rings is 1. The van der Waals surface area contributed by atoms with E-state index in [-0.39, 0.29) is 23.6 Å². The molecule has 0 saturated carbocycles. The van der Waals surface area contributed by atoms with Crippen LogP contribution in [-0.2, 0) is 9.53 Å². The highest BCUT2D eigenvalue weighted by molar-refractivity contribution is 5.81. The van der Waals surface area contributed by atoms with Gasteiger partial charge in [-0.3, -0.25) is 4.79 Å². The molecule has 1 aliphatic heterocycles. The third-order valence-electron chi connectivity index (χ3n) is 3.22. The molecule has 0 N–H and O–H groups in total. The van der Waals surface area contributed by atoms with Crippen molar-refractivity contribution < 1.29 is 18.7 Å². The Kier molecular flexibility index (Phi) is 4.37. The molecule has 1 amide bonds. The Morgan fingerprint density at radius 2 is 2.16 bits per heavy atom. The van der Waals surface area contributed by atoms with Gasteiger partial charge in [-0.05, 0) is 18.6 Å². The fraction of sp³-hybridized carbons (Fsp3) is 0.500. The maximum absolute atomic E-state index is 13.4. The number of rotatable bonds is 5. The summed E-state index contributed by atoms with van der Waals surface area (Å²) in [6.07, 6.45) is 0.106. The van der Waals surface area contributed by atoms with Crippen molar-refractivity contribution in [2.45, 2.75) is 25.6 Å². The molecule has 1 aromatic rings. The van der Waals surface area contributed by atoms with Gasteiger partial charge in [0.1, 0.15) is 12.2 Å². The molecule has 0 aliphatic carbocycles. The summed E-state index contributed by atoms with van der Waals surface area (Å²) in [4.78, 5) is 13.6. The predicted octanol–water partition coefficient (Wildman–Crippen LogP) is 1.84. The Balaban J connectivity index is 1.84.